The van der Waals surface area contributed by atoms with Gasteiger partial charge in [0, 0.05) is 29.0 Å². The molecule has 0 radical (unpaired) electrons. The number of hydrogen-bond donors (Lipinski definition) is 1. The van der Waals surface area contributed by atoms with Crippen LogP contribution >= 0.6 is 22.7 Å². The topological polar surface area (TPSA) is 59.8 Å². The molecule has 1 aromatic carbocycles. The van der Waals surface area contributed by atoms with Gasteiger partial charge in [-0.05, 0) is 37.3 Å². The molecule has 4 rings (SSSR count). The Bertz CT molecular complexity index is 985. The highest BCUT2D eigenvalue weighted by Crippen LogP contribution is 2.26. The molecule has 7 heteroatoms. The fraction of sp³-hybridized carbons (Fsp3) is 0.0625. The molecule has 5 nitrogen and oxygen atoms in total. The first-order valence-electron chi connectivity index (χ1n) is 6.97. The van der Waals surface area contributed by atoms with E-state index in [0.29, 0.717) is 10.7 Å². The highest BCUT2D eigenvalue weighted by molar-refractivity contribution is 7.20. The zero-order chi connectivity index (χ0) is 15.8. The minimum absolute atomic E-state index is 0.155. The molecule has 3 heterocycles. The molecule has 4 aromatic rings. The van der Waals surface area contributed by atoms with E-state index in [1.165, 1.54) is 11.3 Å². The largest absolute Gasteiger partial charge is 0.300 e. The fourth-order valence-electron chi connectivity index (χ4n) is 2.21. The number of carbonyl (C=O) groups is 1. The first-order valence-corrected chi connectivity index (χ1v) is 8.60. The number of nitrogens with zero attached hydrogens (tertiary/aromatic N) is 3. The van der Waals surface area contributed by atoms with Crippen LogP contribution in [0.15, 0.2) is 48.9 Å². The lowest BCUT2D eigenvalue weighted by molar-refractivity contribution is 0.102. The zero-order valence-corrected chi connectivity index (χ0v) is 13.8. The first-order chi connectivity index (χ1) is 11.2. The molecule has 0 aliphatic carbocycles. The lowest BCUT2D eigenvalue weighted by atomic mass is 10.2. The number of fused-ring (bicyclic) bond motifs is 1. The molecule has 0 aliphatic heterocycles. The molecule has 3 aromatic heterocycles. The Kier molecular flexibility index (Phi) is 3.44. The SMILES string of the molecule is Cc1cnc(NC(=O)c2ccc3nc(-n4cccc4)sc3c2)s1. The summed E-state index contributed by atoms with van der Waals surface area (Å²) in [5.74, 6) is -0.155. The fourth-order valence-corrected chi connectivity index (χ4v) is 3.84. The van der Waals surface area contributed by atoms with Gasteiger partial charge < -0.3 is 4.57 Å². The van der Waals surface area contributed by atoms with Gasteiger partial charge in [-0.2, -0.15) is 0 Å². The number of hydrogen-bond acceptors (Lipinski definition) is 5. The van der Waals surface area contributed by atoms with Crippen molar-refractivity contribution >= 4 is 43.9 Å². The van der Waals surface area contributed by atoms with Gasteiger partial charge >= 0.3 is 0 Å². The number of amides is 1. The van der Waals surface area contributed by atoms with Crippen molar-refractivity contribution in [3.8, 4) is 5.13 Å². The van der Waals surface area contributed by atoms with Crippen LogP contribution < -0.4 is 5.32 Å². The predicted octanol–water partition coefficient (Wildman–Crippen LogP) is 4.10. The van der Waals surface area contributed by atoms with E-state index >= 15 is 0 Å². The average Bonchev–Trinajstić information content (AvgIpc) is 3.26. The number of aromatic nitrogens is 3. The minimum Gasteiger partial charge on any atom is -0.300 e. The lowest BCUT2D eigenvalue weighted by Crippen LogP contribution is -2.11. The molecule has 23 heavy (non-hydrogen) atoms. The molecule has 0 fully saturated rings. The van der Waals surface area contributed by atoms with Gasteiger partial charge in [-0.1, -0.05) is 11.3 Å². The van der Waals surface area contributed by atoms with Crippen molar-refractivity contribution in [3.05, 3.63) is 59.4 Å². The molecule has 0 atom stereocenters. The van der Waals surface area contributed by atoms with Crippen molar-refractivity contribution in [2.24, 2.45) is 0 Å². The van der Waals surface area contributed by atoms with Crippen molar-refractivity contribution in [3.63, 3.8) is 0 Å². The van der Waals surface area contributed by atoms with Gasteiger partial charge in [-0.3, -0.25) is 10.1 Å². The van der Waals surface area contributed by atoms with Gasteiger partial charge in [0.2, 0.25) is 0 Å². The summed E-state index contributed by atoms with van der Waals surface area (Å²) in [7, 11) is 0. The summed E-state index contributed by atoms with van der Waals surface area (Å²) in [6.45, 7) is 1.96. The van der Waals surface area contributed by atoms with Crippen LogP contribution in [0.25, 0.3) is 15.3 Å². The maximum Gasteiger partial charge on any atom is 0.257 e. The summed E-state index contributed by atoms with van der Waals surface area (Å²) in [5, 5.41) is 4.33. The monoisotopic (exact) mass is 340 g/mol. The highest BCUT2D eigenvalue weighted by Gasteiger charge is 2.11. The summed E-state index contributed by atoms with van der Waals surface area (Å²) < 4.78 is 2.94. The quantitative estimate of drug-likeness (QED) is 0.611. The van der Waals surface area contributed by atoms with Crippen LogP contribution in [0, 0.1) is 6.92 Å². The molecule has 0 unspecified atom stereocenters. The van der Waals surface area contributed by atoms with Crippen LogP contribution in [0.4, 0.5) is 5.13 Å². The zero-order valence-electron chi connectivity index (χ0n) is 12.2. The van der Waals surface area contributed by atoms with Crippen molar-refractivity contribution in [2.75, 3.05) is 5.32 Å². The van der Waals surface area contributed by atoms with Gasteiger partial charge in [-0.25, -0.2) is 9.97 Å². The molecule has 0 saturated heterocycles. The number of benzene rings is 1. The Hall–Kier alpha value is -2.51. The Balaban J connectivity index is 1.64. The Morgan fingerprint density at radius 2 is 2.04 bits per heavy atom. The van der Waals surface area contributed by atoms with E-state index in [0.717, 1.165) is 20.2 Å². The molecule has 0 aliphatic rings. The van der Waals surface area contributed by atoms with Gasteiger partial charge in [0.15, 0.2) is 10.3 Å². The summed E-state index contributed by atoms with van der Waals surface area (Å²) in [6, 6.07) is 9.45. The molecule has 0 saturated carbocycles. The van der Waals surface area contributed by atoms with Gasteiger partial charge in [0.05, 0.1) is 10.2 Å². The molecular formula is C16H12N4OS2. The summed E-state index contributed by atoms with van der Waals surface area (Å²) in [5.41, 5.74) is 1.49. The molecule has 114 valence electrons. The summed E-state index contributed by atoms with van der Waals surface area (Å²) >= 11 is 3.02. The maximum absolute atomic E-state index is 12.3. The normalized spacial score (nSPS) is 11.0. The van der Waals surface area contributed by atoms with E-state index in [-0.39, 0.29) is 5.91 Å². The number of aryl methyl sites for hydroxylation is 1. The Labute approximate surface area is 140 Å². The van der Waals surface area contributed by atoms with Gasteiger partial charge in [-0.15, -0.1) is 11.3 Å². The lowest BCUT2D eigenvalue weighted by Gasteiger charge is -2.01. The number of thiazole rings is 2. The second kappa shape index (κ2) is 5.60. The van der Waals surface area contributed by atoms with E-state index in [1.807, 2.05) is 48.1 Å². The smallest absolute Gasteiger partial charge is 0.257 e. The molecule has 1 N–H and O–H groups in total. The molecular weight excluding hydrogens is 328 g/mol. The molecule has 1 amide bonds. The second-order valence-corrected chi connectivity index (χ2v) is 7.24. The maximum atomic E-state index is 12.3. The third-order valence-electron chi connectivity index (χ3n) is 3.31. The van der Waals surface area contributed by atoms with E-state index in [9.17, 15) is 4.79 Å². The van der Waals surface area contributed by atoms with Gasteiger partial charge in [0.1, 0.15) is 0 Å². The number of rotatable bonds is 3. The van der Waals surface area contributed by atoms with Crippen molar-refractivity contribution in [2.45, 2.75) is 6.92 Å². The standard InChI is InChI=1S/C16H12N4OS2/c1-10-9-17-15(22-10)19-14(21)11-4-5-12-13(8-11)23-16(18-12)20-6-2-3-7-20/h2-9H,1H3,(H,17,19,21). The number of nitrogens with one attached hydrogen (secondary N) is 1. The van der Waals surface area contributed by atoms with E-state index < -0.39 is 0 Å². The number of anilines is 1. The van der Waals surface area contributed by atoms with Crippen LogP contribution in [0.1, 0.15) is 15.2 Å². The van der Waals surface area contributed by atoms with Crippen LogP contribution in [-0.4, -0.2) is 20.4 Å². The van der Waals surface area contributed by atoms with Crippen LogP contribution in [0.5, 0.6) is 0 Å². The van der Waals surface area contributed by atoms with Crippen LogP contribution in [-0.2, 0) is 0 Å². The van der Waals surface area contributed by atoms with E-state index in [1.54, 1.807) is 23.6 Å². The first kappa shape index (κ1) is 14.1. The predicted molar refractivity (Wildman–Crippen MR) is 93.8 cm³/mol. The number of carbonyl (C=O) groups excluding carboxylic acids is 1. The third kappa shape index (κ3) is 2.76. The summed E-state index contributed by atoms with van der Waals surface area (Å²) in [4.78, 5) is 22.1. The highest BCUT2D eigenvalue weighted by atomic mass is 32.1. The minimum atomic E-state index is -0.155. The van der Waals surface area contributed by atoms with Crippen LogP contribution in [0.2, 0.25) is 0 Å². The van der Waals surface area contributed by atoms with Crippen molar-refractivity contribution in [1.82, 2.24) is 14.5 Å². The van der Waals surface area contributed by atoms with E-state index in [2.05, 4.69) is 15.3 Å². The Morgan fingerprint density at radius 1 is 1.22 bits per heavy atom. The molecule has 0 spiro atoms. The third-order valence-corrected chi connectivity index (χ3v) is 5.17. The average molecular weight is 340 g/mol. The van der Waals surface area contributed by atoms with E-state index in [4.69, 9.17) is 0 Å². The second-order valence-electron chi connectivity index (χ2n) is 5.00. The van der Waals surface area contributed by atoms with Crippen molar-refractivity contribution < 1.29 is 4.79 Å². The van der Waals surface area contributed by atoms with Crippen LogP contribution in [0.3, 0.4) is 0 Å². The summed E-state index contributed by atoms with van der Waals surface area (Å²) in [6.07, 6.45) is 5.66. The van der Waals surface area contributed by atoms with Gasteiger partial charge in [0.25, 0.3) is 5.91 Å². The molecule has 0 bridgehead atoms. The van der Waals surface area contributed by atoms with Crippen molar-refractivity contribution in [1.29, 1.82) is 0 Å². The Morgan fingerprint density at radius 3 is 2.78 bits per heavy atom.